The number of aromatic nitrogens is 6. The summed E-state index contributed by atoms with van der Waals surface area (Å²) < 4.78 is 4.15. The molecule has 0 amide bonds. The largest absolute Gasteiger partial charge is 0.353 e. The summed E-state index contributed by atoms with van der Waals surface area (Å²) in [5.74, 6) is 3.02. The number of hydrogen-bond donors (Lipinski definition) is 0. The van der Waals surface area contributed by atoms with Gasteiger partial charge in [0.2, 0.25) is 5.95 Å². The van der Waals surface area contributed by atoms with Crippen LogP contribution in [-0.4, -0.2) is 66.6 Å². The molecule has 2 saturated heterocycles. The standard InChI is InChI=1S/C25H26ClN9/c1-31-22-19(3-2-8-27-22)23(30-31)33-12-25(13-33)14-34(15-25)24-29-28-21-11-32(18-5-6-18)10-16-9-17(26)4-7-20(16)35(21)24/h2-4,7-9,18H,5-6,10-15H2,1H3. The van der Waals surface area contributed by atoms with Crippen molar-refractivity contribution >= 4 is 34.4 Å². The average Bonchev–Trinajstić information content (AvgIpc) is 3.53. The third kappa shape index (κ3) is 2.97. The second-order valence-electron chi connectivity index (χ2n) is 10.7. The van der Waals surface area contributed by atoms with Crippen LogP contribution in [0.1, 0.15) is 24.2 Å². The van der Waals surface area contributed by atoms with Crippen LogP contribution in [0, 0.1) is 5.41 Å². The fraction of sp³-hybridized carbons (Fsp3) is 0.440. The molecule has 1 aromatic carbocycles. The number of nitrogens with zero attached hydrogens (tertiary/aromatic N) is 9. The Kier molecular flexibility index (Phi) is 3.98. The molecule has 0 bridgehead atoms. The summed E-state index contributed by atoms with van der Waals surface area (Å²) >= 11 is 6.40. The molecule has 9 nitrogen and oxygen atoms in total. The predicted octanol–water partition coefficient (Wildman–Crippen LogP) is 3.01. The highest BCUT2D eigenvalue weighted by molar-refractivity contribution is 6.30. The minimum Gasteiger partial charge on any atom is -0.353 e. The molecule has 3 fully saturated rings. The second-order valence-corrected chi connectivity index (χ2v) is 11.1. The van der Waals surface area contributed by atoms with E-state index in [2.05, 4.69) is 52.6 Å². The molecule has 0 radical (unpaired) electrons. The van der Waals surface area contributed by atoms with Crippen LogP contribution in [0.25, 0.3) is 16.7 Å². The highest BCUT2D eigenvalue weighted by atomic mass is 35.5. The first-order chi connectivity index (χ1) is 17.1. The van der Waals surface area contributed by atoms with E-state index in [-0.39, 0.29) is 5.41 Å². The van der Waals surface area contributed by atoms with E-state index in [1.54, 1.807) is 0 Å². The topological polar surface area (TPSA) is 71.1 Å². The van der Waals surface area contributed by atoms with Gasteiger partial charge in [0.25, 0.3) is 0 Å². The molecule has 10 heteroatoms. The highest BCUT2D eigenvalue weighted by Crippen LogP contribution is 2.45. The average molecular weight is 488 g/mol. The van der Waals surface area contributed by atoms with Gasteiger partial charge in [-0.25, -0.2) is 9.67 Å². The Morgan fingerprint density at radius 2 is 1.83 bits per heavy atom. The maximum atomic E-state index is 6.40. The van der Waals surface area contributed by atoms with Gasteiger partial charge in [-0.2, -0.15) is 5.10 Å². The Hall–Kier alpha value is -3.17. The number of fused-ring (bicyclic) bond motifs is 4. The molecule has 178 valence electrons. The van der Waals surface area contributed by atoms with Gasteiger partial charge in [0.1, 0.15) is 0 Å². The highest BCUT2D eigenvalue weighted by Gasteiger charge is 2.54. The van der Waals surface area contributed by atoms with Crippen LogP contribution in [0.2, 0.25) is 5.02 Å². The number of anilines is 2. The number of pyridine rings is 1. The number of benzene rings is 1. The van der Waals surface area contributed by atoms with Crippen molar-refractivity contribution in [2.45, 2.75) is 32.0 Å². The van der Waals surface area contributed by atoms with Crippen molar-refractivity contribution in [3.63, 3.8) is 0 Å². The lowest BCUT2D eigenvalue weighted by Crippen LogP contribution is -2.73. The molecule has 0 unspecified atom stereocenters. The van der Waals surface area contributed by atoms with Crippen molar-refractivity contribution in [3.05, 3.63) is 52.9 Å². The van der Waals surface area contributed by atoms with Gasteiger partial charge in [-0.15, -0.1) is 10.2 Å². The summed E-state index contributed by atoms with van der Waals surface area (Å²) in [7, 11) is 1.96. The van der Waals surface area contributed by atoms with Gasteiger partial charge in [0.15, 0.2) is 17.3 Å². The third-order valence-electron chi connectivity index (χ3n) is 8.04. The number of halogens is 1. The van der Waals surface area contributed by atoms with Gasteiger partial charge in [-0.05, 0) is 48.7 Å². The van der Waals surface area contributed by atoms with Crippen LogP contribution in [0.4, 0.5) is 11.8 Å². The summed E-state index contributed by atoms with van der Waals surface area (Å²) in [4.78, 5) is 11.8. The molecule has 1 aliphatic carbocycles. The maximum absolute atomic E-state index is 6.40. The molecule has 0 atom stereocenters. The number of rotatable bonds is 3. The Morgan fingerprint density at radius 3 is 2.66 bits per heavy atom. The van der Waals surface area contributed by atoms with Crippen LogP contribution in [0.3, 0.4) is 0 Å². The number of aryl methyl sites for hydroxylation is 1. The normalized spacial score (nSPS) is 21.0. The number of hydrogen-bond acceptors (Lipinski definition) is 7. The predicted molar refractivity (Wildman–Crippen MR) is 134 cm³/mol. The summed E-state index contributed by atoms with van der Waals surface area (Å²) in [5.41, 5.74) is 3.64. The molecule has 3 aromatic heterocycles. The van der Waals surface area contributed by atoms with Crippen molar-refractivity contribution < 1.29 is 0 Å². The van der Waals surface area contributed by atoms with Crippen molar-refractivity contribution in [2.75, 3.05) is 36.0 Å². The van der Waals surface area contributed by atoms with Crippen LogP contribution >= 0.6 is 11.6 Å². The lowest BCUT2D eigenvalue weighted by molar-refractivity contribution is 0.153. The Labute approximate surface area is 207 Å². The van der Waals surface area contributed by atoms with E-state index in [1.165, 1.54) is 18.4 Å². The van der Waals surface area contributed by atoms with E-state index < -0.39 is 0 Å². The van der Waals surface area contributed by atoms with E-state index in [0.717, 1.165) is 78.6 Å². The zero-order chi connectivity index (χ0) is 23.3. The summed E-state index contributed by atoms with van der Waals surface area (Å²) in [6.07, 6.45) is 4.36. The molecule has 35 heavy (non-hydrogen) atoms. The van der Waals surface area contributed by atoms with Gasteiger partial charge >= 0.3 is 0 Å². The van der Waals surface area contributed by atoms with Crippen molar-refractivity contribution in [2.24, 2.45) is 12.5 Å². The molecule has 3 aliphatic heterocycles. The first-order valence-electron chi connectivity index (χ1n) is 12.3. The molecular formula is C25H26ClN9. The molecule has 6 heterocycles. The zero-order valence-corrected chi connectivity index (χ0v) is 20.4. The van der Waals surface area contributed by atoms with Crippen LogP contribution < -0.4 is 9.80 Å². The minimum atomic E-state index is 0.284. The second kappa shape index (κ2) is 6.95. The quantitative estimate of drug-likeness (QED) is 0.440. The molecule has 0 N–H and O–H groups in total. The lowest BCUT2D eigenvalue weighted by atomic mass is 9.73. The monoisotopic (exact) mass is 487 g/mol. The summed E-state index contributed by atoms with van der Waals surface area (Å²) in [6.45, 7) is 5.73. The van der Waals surface area contributed by atoms with Crippen LogP contribution in [0.5, 0.6) is 0 Å². The maximum Gasteiger partial charge on any atom is 0.231 e. The van der Waals surface area contributed by atoms with Crippen LogP contribution in [-0.2, 0) is 20.1 Å². The lowest BCUT2D eigenvalue weighted by Gasteiger charge is -2.60. The third-order valence-corrected chi connectivity index (χ3v) is 8.28. The Balaban J connectivity index is 1.06. The van der Waals surface area contributed by atoms with Gasteiger partial charge in [-0.3, -0.25) is 9.47 Å². The molecule has 1 spiro atoms. The molecule has 4 aromatic rings. The fourth-order valence-corrected chi connectivity index (χ4v) is 6.43. The van der Waals surface area contributed by atoms with Gasteiger partial charge in [0, 0.05) is 62.4 Å². The van der Waals surface area contributed by atoms with E-state index in [0.29, 0.717) is 6.04 Å². The fourth-order valence-electron chi connectivity index (χ4n) is 6.24. The van der Waals surface area contributed by atoms with E-state index in [4.69, 9.17) is 16.7 Å². The Bertz CT molecular complexity index is 1470. The van der Waals surface area contributed by atoms with Crippen molar-refractivity contribution in [1.82, 2.24) is 34.4 Å². The summed E-state index contributed by atoms with van der Waals surface area (Å²) in [6, 6.07) is 11.0. The molecule has 4 aliphatic rings. The zero-order valence-electron chi connectivity index (χ0n) is 19.6. The molecular weight excluding hydrogens is 462 g/mol. The SMILES string of the molecule is Cn1nc(N2CC3(C2)CN(c2nnc4n2-c2ccc(Cl)cc2CN(C2CC2)C4)C3)c2cccnc21. The first kappa shape index (κ1) is 20.1. The molecule has 1 saturated carbocycles. The van der Waals surface area contributed by atoms with E-state index in [1.807, 2.05) is 30.1 Å². The van der Waals surface area contributed by atoms with E-state index >= 15 is 0 Å². The molecule has 8 rings (SSSR count). The van der Waals surface area contributed by atoms with Gasteiger partial charge < -0.3 is 9.80 Å². The van der Waals surface area contributed by atoms with E-state index in [9.17, 15) is 0 Å². The minimum absolute atomic E-state index is 0.284. The van der Waals surface area contributed by atoms with Crippen molar-refractivity contribution in [1.29, 1.82) is 0 Å². The first-order valence-corrected chi connectivity index (χ1v) is 12.7. The van der Waals surface area contributed by atoms with Gasteiger partial charge in [0.05, 0.1) is 17.6 Å². The smallest absolute Gasteiger partial charge is 0.231 e. The van der Waals surface area contributed by atoms with Crippen LogP contribution in [0.15, 0.2) is 36.5 Å². The Morgan fingerprint density at radius 1 is 1.00 bits per heavy atom. The van der Waals surface area contributed by atoms with Crippen molar-refractivity contribution in [3.8, 4) is 5.69 Å². The summed E-state index contributed by atoms with van der Waals surface area (Å²) in [5, 5.41) is 16.0. The van der Waals surface area contributed by atoms with Gasteiger partial charge in [-0.1, -0.05) is 11.6 Å².